The molecule has 0 aliphatic carbocycles. The predicted molar refractivity (Wildman–Crippen MR) is 86.1 cm³/mol. The molecule has 1 aromatic rings. The number of rotatable bonds is 3. The smallest absolute Gasteiger partial charge is 0.409 e. The number of nitrogens with zero attached hydrogens (tertiary/aromatic N) is 2. The number of urea groups is 1. The molecule has 1 N–H and O–H groups in total. The van der Waals surface area contributed by atoms with E-state index in [1.54, 1.807) is 28.2 Å². The lowest BCUT2D eigenvalue weighted by Gasteiger charge is -2.32. The van der Waals surface area contributed by atoms with E-state index < -0.39 is 0 Å². The van der Waals surface area contributed by atoms with Crippen LogP contribution in [-0.4, -0.2) is 55.2 Å². The van der Waals surface area contributed by atoms with Gasteiger partial charge >= 0.3 is 12.1 Å². The second-order valence-corrected chi connectivity index (χ2v) is 6.92. The van der Waals surface area contributed by atoms with E-state index in [1.165, 1.54) is 16.9 Å². The molecule has 0 spiro atoms. The molecule has 1 fully saturated rings. The fourth-order valence-corrected chi connectivity index (χ4v) is 3.44. The summed E-state index contributed by atoms with van der Waals surface area (Å²) >= 11 is 1.71. The van der Waals surface area contributed by atoms with Gasteiger partial charge in [-0.3, -0.25) is 0 Å². The minimum atomic E-state index is -0.296. The van der Waals surface area contributed by atoms with E-state index in [0.717, 1.165) is 12.8 Å². The third-order valence-electron chi connectivity index (χ3n) is 3.79. The van der Waals surface area contributed by atoms with Crippen molar-refractivity contribution >= 4 is 23.5 Å². The normalized spacial score (nSPS) is 15.5. The summed E-state index contributed by atoms with van der Waals surface area (Å²) in [6, 6.07) is 4.16. The van der Waals surface area contributed by atoms with Crippen LogP contribution in [0.25, 0.3) is 0 Å². The van der Waals surface area contributed by atoms with E-state index in [-0.39, 0.29) is 18.2 Å². The number of aryl methyl sites for hydroxylation is 1. The van der Waals surface area contributed by atoms with Crippen LogP contribution in [0, 0.1) is 6.92 Å². The Morgan fingerprint density at radius 2 is 2.09 bits per heavy atom. The maximum Gasteiger partial charge on any atom is 0.409 e. The number of ether oxygens (including phenoxy) is 1. The average Bonchev–Trinajstić information content (AvgIpc) is 2.92. The second kappa shape index (κ2) is 7.49. The predicted octanol–water partition coefficient (Wildman–Crippen LogP) is 2.43. The number of thiophene rings is 1. The molecule has 6 nitrogen and oxygen atoms in total. The molecule has 0 bridgehead atoms. The zero-order chi connectivity index (χ0) is 16.1. The van der Waals surface area contributed by atoms with Gasteiger partial charge in [-0.05, 0) is 31.9 Å². The largest absolute Gasteiger partial charge is 0.453 e. The molecule has 7 heteroatoms. The minimum Gasteiger partial charge on any atom is -0.453 e. The van der Waals surface area contributed by atoms with Crippen LogP contribution >= 0.6 is 11.3 Å². The van der Waals surface area contributed by atoms with Gasteiger partial charge in [0.25, 0.3) is 0 Å². The van der Waals surface area contributed by atoms with Gasteiger partial charge in [0.15, 0.2) is 0 Å². The van der Waals surface area contributed by atoms with Crippen molar-refractivity contribution in [2.75, 3.05) is 27.2 Å². The van der Waals surface area contributed by atoms with Crippen molar-refractivity contribution in [1.29, 1.82) is 0 Å². The lowest BCUT2D eigenvalue weighted by atomic mass is 10.1. The molecule has 3 amide bonds. The van der Waals surface area contributed by atoms with Crippen LogP contribution in [0.3, 0.4) is 0 Å². The summed E-state index contributed by atoms with van der Waals surface area (Å²) in [5, 5.41) is 3.04. The van der Waals surface area contributed by atoms with Crippen LogP contribution in [0.2, 0.25) is 0 Å². The zero-order valence-corrected chi connectivity index (χ0v) is 14.1. The first-order chi connectivity index (χ1) is 10.5. The molecule has 2 rings (SSSR count). The van der Waals surface area contributed by atoms with Crippen molar-refractivity contribution in [3.63, 3.8) is 0 Å². The SMILES string of the molecule is COC(=O)N1CCC(NC(=O)N(C)Cc2ccc(C)s2)CC1. The molecule has 1 aliphatic rings. The van der Waals surface area contributed by atoms with Gasteiger partial charge in [-0.2, -0.15) is 0 Å². The van der Waals surface area contributed by atoms with Gasteiger partial charge in [-0.25, -0.2) is 9.59 Å². The Morgan fingerprint density at radius 1 is 1.41 bits per heavy atom. The van der Waals surface area contributed by atoms with Crippen molar-refractivity contribution in [2.45, 2.75) is 32.4 Å². The second-order valence-electron chi connectivity index (χ2n) is 5.55. The van der Waals surface area contributed by atoms with Crippen molar-refractivity contribution in [1.82, 2.24) is 15.1 Å². The lowest BCUT2D eigenvalue weighted by molar-refractivity contribution is 0.110. The van der Waals surface area contributed by atoms with Crippen LogP contribution < -0.4 is 5.32 Å². The summed E-state index contributed by atoms with van der Waals surface area (Å²) < 4.78 is 4.71. The number of nitrogens with one attached hydrogen (secondary N) is 1. The molecule has 0 aromatic carbocycles. The molecule has 1 aromatic heterocycles. The first-order valence-electron chi connectivity index (χ1n) is 7.39. The Hall–Kier alpha value is -1.76. The highest BCUT2D eigenvalue weighted by molar-refractivity contribution is 7.11. The number of piperidine rings is 1. The molecule has 1 aliphatic heterocycles. The van der Waals surface area contributed by atoms with Crippen molar-refractivity contribution < 1.29 is 14.3 Å². The molecule has 0 unspecified atom stereocenters. The number of amides is 3. The van der Waals surface area contributed by atoms with Crippen LogP contribution in [0.5, 0.6) is 0 Å². The van der Waals surface area contributed by atoms with E-state index in [1.807, 2.05) is 0 Å². The van der Waals surface area contributed by atoms with E-state index in [4.69, 9.17) is 4.74 Å². The molecular formula is C15H23N3O3S. The summed E-state index contributed by atoms with van der Waals surface area (Å²) in [4.78, 5) is 29.4. The zero-order valence-electron chi connectivity index (χ0n) is 13.3. The van der Waals surface area contributed by atoms with Gasteiger partial charge in [0, 0.05) is 35.9 Å². The maximum atomic E-state index is 12.2. The molecular weight excluding hydrogens is 302 g/mol. The lowest BCUT2D eigenvalue weighted by Crippen LogP contribution is -2.49. The third kappa shape index (κ3) is 4.37. The molecule has 22 heavy (non-hydrogen) atoms. The van der Waals surface area contributed by atoms with Crippen LogP contribution in [-0.2, 0) is 11.3 Å². The van der Waals surface area contributed by atoms with Crippen molar-refractivity contribution in [3.05, 3.63) is 21.9 Å². The summed E-state index contributed by atoms with van der Waals surface area (Å²) in [6.45, 7) is 3.91. The standard InChI is InChI=1S/C15H23N3O3S/c1-11-4-5-13(22-11)10-17(2)14(19)16-12-6-8-18(9-7-12)15(20)21-3/h4-5,12H,6-10H2,1-3H3,(H,16,19). The summed E-state index contributed by atoms with van der Waals surface area (Å²) in [6.07, 6.45) is 1.22. The van der Waals surface area contributed by atoms with E-state index in [0.29, 0.717) is 19.6 Å². The number of likely N-dealkylation sites (tertiary alicyclic amines) is 1. The number of carbonyl (C=O) groups excluding carboxylic acids is 2. The van der Waals surface area contributed by atoms with Gasteiger partial charge in [-0.15, -0.1) is 11.3 Å². The molecule has 0 atom stereocenters. The molecule has 122 valence electrons. The first-order valence-corrected chi connectivity index (χ1v) is 8.21. The maximum absolute atomic E-state index is 12.2. The Labute approximate surface area is 135 Å². The number of hydrogen-bond donors (Lipinski definition) is 1. The van der Waals surface area contributed by atoms with E-state index in [2.05, 4.69) is 24.4 Å². The fourth-order valence-electron chi connectivity index (χ4n) is 2.50. The van der Waals surface area contributed by atoms with Gasteiger partial charge < -0.3 is 19.9 Å². The topological polar surface area (TPSA) is 61.9 Å². The highest BCUT2D eigenvalue weighted by atomic mass is 32.1. The summed E-state index contributed by atoms with van der Waals surface area (Å²) in [5.74, 6) is 0. The van der Waals surface area contributed by atoms with Crippen LogP contribution in [0.1, 0.15) is 22.6 Å². The van der Waals surface area contributed by atoms with E-state index >= 15 is 0 Å². The highest BCUT2D eigenvalue weighted by Gasteiger charge is 2.25. The molecule has 2 heterocycles. The fraction of sp³-hybridized carbons (Fsp3) is 0.600. The number of hydrogen-bond acceptors (Lipinski definition) is 4. The molecule has 0 saturated carbocycles. The molecule has 0 radical (unpaired) electrons. The van der Waals surface area contributed by atoms with Gasteiger partial charge in [0.2, 0.25) is 0 Å². The number of methoxy groups -OCH3 is 1. The Bertz CT molecular complexity index is 524. The van der Waals surface area contributed by atoms with Gasteiger partial charge in [0.05, 0.1) is 13.7 Å². The van der Waals surface area contributed by atoms with Crippen molar-refractivity contribution in [2.24, 2.45) is 0 Å². The highest BCUT2D eigenvalue weighted by Crippen LogP contribution is 2.17. The molecule has 1 saturated heterocycles. The average molecular weight is 325 g/mol. The Kier molecular flexibility index (Phi) is 5.65. The van der Waals surface area contributed by atoms with Gasteiger partial charge in [0.1, 0.15) is 0 Å². The summed E-state index contributed by atoms with van der Waals surface area (Å²) in [7, 11) is 3.19. The Balaban J connectivity index is 1.76. The first kappa shape index (κ1) is 16.6. The number of carbonyl (C=O) groups is 2. The quantitative estimate of drug-likeness (QED) is 0.928. The van der Waals surface area contributed by atoms with E-state index in [9.17, 15) is 9.59 Å². The third-order valence-corrected chi connectivity index (χ3v) is 4.78. The minimum absolute atomic E-state index is 0.0671. The monoisotopic (exact) mass is 325 g/mol. The van der Waals surface area contributed by atoms with Crippen LogP contribution in [0.4, 0.5) is 9.59 Å². The van der Waals surface area contributed by atoms with Crippen LogP contribution in [0.15, 0.2) is 12.1 Å². The Morgan fingerprint density at radius 3 is 2.64 bits per heavy atom. The van der Waals surface area contributed by atoms with Crippen molar-refractivity contribution in [3.8, 4) is 0 Å². The van der Waals surface area contributed by atoms with Gasteiger partial charge in [-0.1, -0.05) is 0 Å². The summed E-state index contributed by atoms with van der Waals surface area (Å²) in [5.41, 5.74) is 0.